The lowest BCUT2D eigenvalue weighted by molar-refractivity contribution is 0.0952. The zero-order chi connectivity index (χ0) is 20.8. The fourth-order valence-electron chi connectivity index (χ4n) is 3.29. The molecule has 154 valence electrons. The lowest BCUT2D eigenvalue weighted by Gasteiger charge is -2.29. The van der Waals surface area contributed by atoms with Gasteiger partial charge in [0.05, 0.1) is 24.5 Å². The number of nitrogens with one attached hydrogen (secondary N) is 2. The molecule has 2 aromatic rings. The molecule has 3 heterocycles. The summed E-state index contributed by atoms with van der Waals surface area (Å²) < 4.78 is 5.45. The molecular weight excluding hydrogens is 386 g/mol. The number of morpholine rings is 1. The highest BCUT2D eigenvalue weighted by molar-refractivity contribution is 7.08. The highest BCUT2D eigenvalue weighted by atomic mass is 32.1. The average molecular weight is 414 g/mol. The van der Waals surface area contributed by atoms with E-state index in [9.17, 15) is 4.79 Å². The second kappa shape index (κ2) is 9.67. The maximum Gasteiger partial charge on any atom is 0.255 e. The zero-order valence-corrected chi connectivity index (χ0v) is 17.6. The lowest BCUT2D eigenvalue weighted by atomic mass is 10.1. The first-order chi connectivity index (χ1) is 14.0. The molecule has 2 aromatic heterocycles. The van der Waals surface area contributed by atoms with Crippen molar-refractivity contribution in [1.29, 1.82) is 5.41 Å². The largest absolute Gasteiger partial charge is 0.402 e. The molecule has 1 amide bonds. The molecule has 0 spiro atoms. The number of nitrogens with zero attached hydrogens (tertiary/aromatic N) is 2. The van der Waals surface area contributed by atoms with E-state index in [1.165, 1.54) is 0 Å². The Morgan fingerprint density at radius 3 is 2.69 bits per heavy atom. The minimum absolute atomic E-state index is 0.174. The van der Waals surface area contributed by atoms with Crippen molar-refractivity contribution in [2.75, 3.05) is 37.7 Å². The number of rotatable bonds is 7. The number of amides is 1. The van der Waals surface area contributed by atoms with Gasteiger partial charge in [0.15, 0.2) is 0 Å². The van der Waals surface area contributed by atoms with Gasteiger partial charge in [-0.3, -0.25) is 4.79 Å². The Kier molecular flexibility index (Phi) is 7.00. The van der Waals surface area contributed by atoms with Gasteiger partial charge in [-0.15, -0.1) is 0 Å². The molecule has 0 bridgehead atoms. The van der Waals surface area contributed by atoms with Gasteiger partial charge in [0.25, 0.3) is 5.91 Å². The van der Waals surface area contributed by atoms with Crippen molar-refractivity contribution >= 4 is 28.8 Å². The molecule has 3 rings (SSSR count). The number of anilines is 1. The summed E-state index contributed by atoms with van der Waals surface area (Å²) in [6, 6.07) is 5.75. The molecule has 0 atom stereocenters. The lowest BCUT2D eigenvalue weighted by Crippen LogP contribution is -2.38. The maximum atomic E-state index is 12.9. The molecule has 0 unspecified atom stereocenters. The number of pyridine rings is 1. The summed E-state index contributed by atoms with van der Waals surface area (Å²) in [7, 11) is 0. The van der Waals surface area contributed by atoms with E-state index >= 15 is 0 Å². The number of allylic oxidation sites excluding steroid dienone is 1. The summed E-state index contributed by atoms with van der Waals surface area (Å²) in [6.45, 7) is 6.53. The molecule has 1 aliphatic heterocycles. The van der Waals surface area contributed by atoms with Gasteiger partial charge in [0, 0.05) is 42.0 Å². The quantitative estimate of drug-likeness (QED) is 0.605. The summed E-state index contributed by atoms with van der Waals surface area (Å²) in [4.78, 5) is 19.8. The highest BCUT2D eigenvalue weighted by Gasteiger charge is 2.21. The van der Waals surface area contributed by atoms with Crippen LogP contribution in [0.5, 0.6) is 0 Å². The molecule has 1 fully saturated rings. The monoisotopic (exact) mass is 413 g/mol. The molecule has 1 saturated heterocycles. The average Bonchev–Trinajstić information content (AvgIpc) is 3.25. The Morgan fingerprint density at radius 1 is 1.31 bits per heavy atom. The van der Waals surface area contributed by atoms with Crippen molar-refractivity contribution < 1.29 is 9.53 Å². The topological polar surface area (TPSA) is 104 Å². The number of carbonyl (C=O) groups excluding carboxylic acids is 1. The molecule has 4 N–H and O–H groups in total. The molecule has 0 saturated carbocycles. The summed E-state index contributed by atoms with van der Waals surface area (Å²) in [5.41, 5.74) is 10.1. The van der Waals surface area contributed by atoms with Crippen molar-refractivity contribution in [3.8, 4) is 11.3 Å². The Labute approximate surface area is 175 Å². The summed E-state index contributed by atoms with van der Waals surface area (Å²) in [6.07, 6.45) is 0.525. The molecule has 1 aliphatic rings. The van der Waals surface area contributed by atoms with Crippen LogP contribution < -0.4 is 16.0 Å². The first-order valence-electron chi connectivity index (χ1n) is 9.62. The van der Waals surface area contributed by atoms with Crippen molar-refractivity contribution in [3.63, 3.8) is 0 Å². The van der Waals surface area contributed by atoms with Gasteiger partial charge >= 0.3 is 0 Å². The minimum Gasteiger partial charge on any atom is -0.402 e. The predicted molar refractivity (Wildman–Crippen MR) is 118 cm³/mol. The smallest absolute Gasteiger partial charge is 0.255 e. The number of hydrogen-bond donors (Lipinski definition) is 3. The fraction of sp³-hybridized carbons (Fsp3) is 0.381. The van der Waals surface area contributed by atoms with Gasteiger partial charge < -0.3 is 26.1 Å². The Balaban J connectivity index is 1.80. The van der Waals surface area contributed by atoms with E-state index in [2.05, 4.69) is 10.2 Å². The summed E-state index contributed by atoms with van der Waals surface area (Å²) >= 11 is 1.62. The normalized spacial score (nSPS) is 15.0. The van der Waals surface area contributed by atoms with Gasteiger partial charge in [-0.25, -0.2) is 4.98 Å². The summed E-state index contributed by atoms with van der Waals surface area (Å²) in [5.74, 6) is 0.510. The Morgan fingerprint density at radius 2 is 2.07 bits per heavy atom. The summed E-state index contributed by atoms with van der Waals surface area (Å²) in [5, 5.41) is 14.8. The number of ether oxygens (including phenoxy) is 1. The Hall–Kier alpha value is -2.71. The first kappa shape index (κ1) is 21.0. The van der Waals surface area contributed by atoms with Crippen LogP contribution in [0.15, 0.2) is 40.2 Å². The van der Waals surface area contributed by atoms with Gasteiger partial charge in [-0.2, -0.15) is 11.3 Å². The number of thiophene rings is 1. The van der Waals surface area contributed by atoms with Crippen LogP contribution in [0, 0.1) is 5.41 Å². The van der Waals surface area contributed by atoms with Gasteiger partial charge in [0.1, 0.15) is 5.82 Å². The van der Waals surface area contributed by atoms with Crippen molar-refractivity contribution in [2.24, 2.45) is 5.73 Å². The number of nitrogens with two attached hydrogens (primary N) is 1. The van der Waals surface area contributed by atoms with Crippen LogP contribution in [0.25, 0.3) is 11.3 Å². The second-order valence-corrected chi connectivity index (χ2v) is 7.75. The van der Waals surface area contributed by atoms with Crippen LogP contribution in [-0.4, -0.2) is 49.5 Å². The molecule has 29 heavy (non-hydrogen) atoms. The number of hydrogen-bond acceptors (Lipinski definition) is 7. The molecule has 0 aliphatic carbocycles. The predicted octanol–water partition coefficient (Wildman–Crippen LogP) is 3.04. The van der Waals surface area contributed by atoms with Crippen LogP contribution in [0.1, 0.15) is 30.6 Å². The van der Waals surface area contributed by atoms with E-state index in [1.54, 1.807) is 25.2 Å². The molecular formula is C21H27N5O2S. The molecule has 0 aromatic carbocycles. The number of aromatic nitrogens is 1. The van der Waals surface area contributed by atoms with E-state index in [0.717, 1.165) is 16.8 Å². The van der Waals surface area contributed by atoms with Crippen LogP contribution in [0.4, 0.5) is 5.82 Å². The maximum absolute atomic E-state index is 12.9. The third-order valence-corrected chi connectivity index (χ3v) is 5.52. The van der Waals surface area contributed by atoms with Crippen LogP contribution in [-0.2, 0) is 4.74 Å². The van der Waals surface area contributed by atoms with Crippen LogP contribution in [0.2, 0.25) is 0 Å². The Bertz CT molecular complexity index is 898. The SMILES string of the molecule is CC(=N)/C(CCNC(=O)c1ccc(-c2ccsc2)nc1N1CCOCC1)=C(/C)N. The van der Waals surface area contributed by atoms with Crippen LogP contribution in [0.3, 0.4) is 0 Å². The van der Waals surface area contributed by atoms with Crippen molar-refractivity contribution in [2.45, 2.75) is 20.3 Å². The third-order valence-electron chi connectivity index (χ3n) is 4.84. The van der Waals surface area contributed by atoms with E-state index in [1.807, 2.05) is 29.0 Å². The van der Waals surface area contributed by atoms with Gasteiger partial charge in [-0.1, -0.05) is 0 Å². The van der Waals surface area contributed by atoms with E-state index in [0.29, 0.717) is 62.1 Å². The van der Waals surface area contributed by atoms with Crippen LogP contribution >= 0.6 is 11.3 Å². The number of carbonyl (C=O) groups is 1. The third kappa shape index (κ3) is 5.21. The molecule has 8 heteroatoms. The van der Waals surface area contributed by atoms with Gasteiger partial charge in [-0.05, 0) is 49.4 Å². The van der Waals surface area contributed by atoms with Crippen molar-refractivity contribution in [1.82, 2.24) is 10.3 Å². The van der Waals surface area contributed by atoms with Gasteiger partial charge in [0.2, 0.25) is 0 Å². The van der Waals surface area contributed by atoms with Crippen molar-refractivity contribution in [3.05, 3.63) is 45.8 Å². The van der Waals surface area contributed by atoms with E-state index in [4.69, 9.17) is 20.9 Å². The molecule has 7 nitrogen and oxygen atoms in total. The second-order valence-electron chi connectivity index (χ2n) is 6.97. The standard InChI is InChI=1S/C21H27N5O2S/c1-14(22)17(15(2)23)5-7-24-21(27)18-3-4-19(16-6-12-29-13-16)25-20(18)26-8-10-28-11-9-26/h3-4,6,12-13,22H,5,7-11,23H2,1-2H3,(H,24,27)/b17-15-,22-14?. The molecule has 0 radical (unpaired) electrons. The highest BCUT2D eigenvalue weighted by Crippen LogP contribution is 2.26. The van der Waals surface area contributed by atoms with E-state index in [-0.39, 0.29) is 5.91 Å². The van der Waals surface area contributed by atoms with E-state index < -0.39 is 0 Å². The fourth-order valence-corrected chi connectivity index (χ4v) is 3.94. The zero-order valence-electron chi connectivity index (χ0n) is 16.8. The minimum atomic E-state index is -0.174. The first-order valence-corrected chi connectivity index (χ1v) is 10.6.